The largest absolute Gasteiger partial charge is 0.384 e. The zero-order valence-corrected chi connectivity index (χ0v) is 10.8. The van der Waals surface area contributed by atoms with Crippen LogP contribution in [0.15, 0.2) is 0 Å². The van der Waals surface area contributed by atoms with Crippen molar-refractivity contribution in [1.82, 2.24) is 5.32 Å². The predicted octanol–water partition coefficient (Wildman–Crippen LogP) is 2.21. The van der Waals surface area contributed by atoms with E-state index in [1.165, 1.54) is 32.1 Å². The molecule has 0 radical (unpaired) electrons. The summed E-state index contributed by atoms with van der Waals surface area (Å²) >= 11 is 0. The molecule has 1 N–H and O–H groups in total. The van der Waals surface area contributed by atoms with Crippen LogP contribution in [0.3, 0.4) is 0 Å². The van der Waals surface area contributed by atoms with Crippen molar-refractivity contribution in [3.05, 3.63) is 0 Å². The van der Waals surface area contributed by atoms with Gasteiger partial charge in [-0.15, -0.1) is 0 Å². The van der Waals surface area contributed by atoms with Crippen LogP contribution in [0.4, 0.5) is 0 Å². The molecule has 1 unspecified atom stereocenters. The highest BCUT2D eigenvalue weighted by Gasteiger charge is 2.12. The standard InChI is InChI=1S/C13H27NO2/c1-12(11-15-2)10-14-8-9-16-13-6-4-3-5-7-13/h12-14H,3-11H2,1-2H3. The van der Waals surface area contributed by atoms with Gasteiger partial charge in [-0.2, -0.15) is 0 Å². The Balaban J connectivity index is 1.87. The lowest BCUT2D eigenvalue weighted by molar-refractivity contribution is 0.0297. The van der Waals surface area contributed by atoms with Gasteiger partial charge in [0.05, 0.1) is 12.7 Å². The van der Waals surface area contributed by atoms with Gasteiger partial charge in [-0.05, 0) is 25.3 Å². The lowest BCUT2D eigenvalue weighted by Crippen LogP contribution is -2.29. The molecule has 1 rings (SSSR count). The third-order valence-electron chi connectivity index (χ3n) is 3.13. The van der Waals surface area contributed by atoms with Crippen molar-refractivity contribution in [3.63, 3.8) is 0 Å². The third-order valence-corrected chi connectivity index (χ3v) is 3.13. The molecule has 16 heavy (non-hydrogen) atoms. The summed E-state index contributed by atoms with van der Waals surface area (Å²) in [6, 6.07) is 0. The Bertz CT molecular complexity index is 158. The Morgan fingerprint density at radius 3 is 2.69 bits per heavy atom. The van der Waals surface area contributed by atoms with E-state index < -0.39 is 0 Å². The van der Waals surface area contributed by atoms with E-state index in [0.717, 1.165) is 26.3 Å². The molecule has 0 aromatic carbocycles. The van der Waals surface area contributed by atoms with E-state index in [2.05, 4.69) is 12.2 Å². The summed E-state index contributed by atoms with van der Waals surface area (Å²) in [5.41, 5.74) is 0. The first kappa shape index (κ1) is 13.9. The lowest BCUT2D eigenvalue weighted by atomic mass is 9.98. The number of hydrogen-bond donors (Lipinski definition) is 1. The Labute approximate surface area is 99.9 Å². The zero-order valence-electron chi connectivity index (χ0n) is 10.8. The Morgan fingerprint density at radius 1 is 1.25 bits per heavy atom. The van der Waals surface area contributed by atoms with Gasteiger partial charge < -0.3 is 14.8 Å². The summed E-state index contributed by atoms with van der Waals surface area (Å²) in [5, 5.41) is 3.40. The fourth-order valence-electron chi connectivity index (χ4n) is 2.22. The van der Waals surface area contributed by atoms with Crippen LogP contribution in [0, 0.1) is 5.92 Å². The molecule has 1 atom stereocenters. The van der Waals surface area contributed by atoms with Crippen LogP contribution in [-0.2, 0) is 9.47 Å². The molecule has 0 spiro atoms. The minimum absolute atomic E-state index is 0.534. The van der Waals surface area contributed by atoms with Crippen molar-refractivity contribution in [3.8, 4) is 0 Å². The molecule has 0 amide bonds. The maximum absolute atomic E-state index is 5.83. The first-order valence-electron chi connectivity index (χ1n) is 6.64. The van der Waals surface area contributed by atoms with Crippen LogP contribution >= 0.6 is 0 Å². The highest BCUT2D eigenvalue weighted by Crippen LogP contribution is 2.19. The maximum atomic E-state index is 5.83. The molecular formula is C13H27NO2. The Morgan fingerprint density at radius 2 is 2.00 bits per heavy atom. The summed E-state index contributed by atoms with van der Waals surface area (Å²) in [5.74, 6) is 0.583. The second-order valence-electron chi connectivity index (χ2n) is 4.90. The van der Waals surface area contributed by atoms with Gasteiger partial charge in [0.25, 0.3) is 0 Å². The smallest absolute Gasteiger partial charge is 0.0594 e. The van der Waals surface area contributed by atoms with Crippen LogP contribution in [0.5, 0.6) is 0 Å². The van der Waals surface area contributed by atoms with Crippen LogP contribution in [0.2, 0.25) is 0 Å². The van der Waals surface area contributed by atoms with Crippen LogP contribution in [0.25, 0.3) is 0 Å². The molecule has 3 nitrogen and oxygen atoms in total. The number of methoxy groups -OCH3 is 1. The van der Waals surface area contributed by atoms with E-state index in [9.17, 15) is 0 Å². The average molecular weight is 229 g/mol. The summed E-state index contributed by atoms with van der Waals surface area (Å²) in [4.78, 5) is 0. The molecule has 0 aliphatic heterocycles. The van der Waals surface area contributed by atoms with Gasteiger partial charge in [-0.3, -0.25) is 0 Å². The molecular weight excluding hydrogens is 202 g/mol. The normalized spacial score (nSPS) is 19.9. The van der Waals surface area contributed by atoms with Gasteiger partial charge >= 0.3 is 0 Å². The SMILES string of the molecule is COCC(C)CNCCOC1CCCCC1. The summed E-state index contributed by atoms with van der Waals surface area (Å²) in [7, 11) is 1.75. The van der Waals surface area contributed by atoms with Crippen molar-refractivity contribution >= 4 is 0 Å². The molecule has 1 aliphatic carbocycles. The molecule has 96 valence electrons. The number of nitrogens with one attached hydrogen (secondary N) is 1. The first-order valence-corrected chi connectivity index (χ1v) is 6.64. The monoisotopic (exact) mass is 229 g/mol. The zero-order chi connectivity index (χ0) is 11.6. The van der Waals surface area contributed by atoms with Crippen LogP contribution in [0.1, 0.15) is 39.0 Å². The fourth-order valence-corrected chi connectivity index (χ4v) is 2.22. The van der Waals surface area contributed by atoms with E-state index in [4.69, 9.17) is 9.47 Å². The minimum atomic E-state index is 0.534. The Hall–Kier alpha value is -0.120. The van der Waals surface area contributed by atoms with Gasteiger partial charge in [0.1, 0.15) is 0 Å². The highest BCUT2D eigenvalue weighted by atomic mass is 16.5. The average Bonchev–Trinajstić information content (AvgIpc) is 2.30. The predicted molar refractivity (Wildman–Crippen MR) is 66.7 cm³/mol. The van der Waals surface area contributed by atoms with Crippen molar-refractivity contribution in [2.75, 3.05) is 33.4 Å². The molecule has 0 bridgehead atoms. The maximum Gasteiger partial charge on any atom is 0.0594 e. The van der Waals surface area contributed by atoms with Gasteiger partial charge in [-0.25, -0.2) is 0 Å². The molecule has 1 fully saturated rings. The van der Waals surface area contributed by atoms with E-state index in [1.807, 2.05) is 0 Å². The van der Waals surface area contributed by atoms with Crippen LogP contribution < -0.4 is 5.32 Å². The van der Waals surface area contributed by atoms with Crippen molar-refractivity contribution in [2.24, 2.45) is 5.92 Å². The number of ether oxygens (including phenoxy) is 2. The van der Waals surface area contributed by atoms with E-state index in [0.29, 0.717) is 12.0 Å². The highest BCUT2D eigenvalue weighted by molar-refractivity contribution is 4.65. The quantitative estimate of drug-likeness (QED) is 0.647. The van der Waals surface area contributed by atoms with Crippen molar-refractivity contribution < 1.29 is 9.47 Å². The van der Waals surface area contributed by atoms with E-state index in [-0.39, 0.29) is 0 Å². The van der Waals surface area contributed by atoms with Crippen LogP contribution in [-0.4, -0.2) is 39.5 Å². The van der Waals surface area contributed by atoms with Gasteiger partial charge in [0.2, 0.25) is 0 Å². The fraction of sp³-hybridized carbons (Fsp3) is 1.00. The molecule has 1 aliphatic rings. The van der Waals surface area contributed by atoms with E-state index >= 15 is 0 Å². The van der Waals surface area contributed by atoms with Gasteiger partial charge in [-0.1, -0.05) is 26.2 Å². The van der Waals surface area contributed by atoms with Gasteiger partial charge in [0, 0.05) is 20.3 Å². The number of hydrogen-bond acceptors (Lipinski definition) is 3. The number of rotatable bonds is 8. The molecule has 0 heterocycles. The topological polar surface area (TPSA) is 30.5 Å². The molecule has 1 saturated carbocycles. The van der Waals surface area contributed by atoms with Crippen molar-refractivity contribution in [2.45, 2.75) is 45.1 Å². The van der Waals surface area contributed by atoms with Crippen molar-refractivity contribution in [1.29, 1.82) is 0 Å². The molecule has 0 aromatic heterocycles. The minimum Gasteiger partial charge on any atom is -0.384 e. The molecule has 3 heteroatoms. The lowest BCUT2D eigenvalue weighted by Gasteiger charge is -2.22. The Kier molecular flexibility index (Phi) is 7.81. The molecule has 0 aromatic rings. The van der Waals surface area contributed by atoms with E-state index in [1.54, 1.807) is 7.11 Å². The second-order valence-corrected chi connectivity index (χ2v) is 4.90. The first-order chi connectivity index (χ1) is 7.83. The summed E-state index contributed by atoms with van der Waals surface area (Å²) in [6.07, 6.45) is 7.16. The summed E-state index contributed by atoms with van der Waals surface area (Å²) < 4.78 is 10.9. The van der Waals surface area contributed by atoms with Gasteiger partial charge in [0.15, 0.2) is 0 Å². The second kappa shape index (κ2) is 8.97. The summed E-state index contributed by atoms with van der Waals surface area (Å²) in [6.45, 7) is 5.85. The third kappa shape index (κ3) is 6.46. The molecule has 0 saturated heterocycles.